The van der Waals surface area contributed by atoms with Gasteiger partial charge in [0.1, 0.15) is 23.6 Å². The number of hydrogen-bond acceptors (Lipinski definition) is 5. The molecular weight excluding hydrogens is 274 g/mol. The minimum Gasteiger partial charge on any atom is -0.486 e. The number of carboxylic acid groups (broad SMARTS) is 1. The van der Waals surface area contributed by atoms with Crippen molar-refractivity contribution >= 4 is 17.1 Å². The average Bonchev–Trinajstić information content (AvgIpc) is 3.10. The summed E-state index contributed by atoms with van der Waals surface area (Å²) in [5.41, 5.74) is 1.44. The van der Waals surface area contributed by atoms with E-state index in [1.165, 1.54) is 6.07 Å². The van der Waals surface area contributed by atoms with E-state index in [4.69, 9.17) is 18.7 Å². The van der Waals surface area contributed by atoms with E-state index in [9.17, 15) is 4.79 Å². The number of benzene rings is 1. The van der Waals surface area contributed by atoms with Gasteiger partial charge in [0, 0.05) is 12.5 Å². The fraction of sp³-hybridized carbons (Fsp3) is 0.200. The predicted octanol–water partition coefficient (Wildman–Crippen LogP) is 3.26. The van der Waals surface area contributed by atoms with Crippen LogP contribution in [0.2, 0.25) is 0 Å². The minimum absolute atomic E-state index is 0.104. The minimum atomic E-state index is -1.10. The van der Waals surface area contributed by atoms with E-state index in [2.05, 4.69) is 4.98 Å². The van der Waals surface area contributed by atoms with Gasteiger partial charge in [-0.05, 0) is 24.3 Å². The lowest BCUT2D eigenvalue weighted by atomic mass is 10.3. The molecule has 6 heteroatoms. The first kappa shape index (κ1) is 13.2. The monoisotopic (exact) mass is 287 g/mol. The molecule has 0 amide bonds. The van der Waals surface area contributed by atoms with Crippen molar-refractivity contribution in [3.8, 4) is 5.75 Å². The zero-order chi connectivity index (χ0) is 14.8. The van der Waals surface area contributed by atoms with E-state index >= 15 is 0 Å². The molecule has 1 N–H and O–H groups in total. The Morgan fingerprint density at radius 2 is 2.14 bits per heavy atom. The topological polar surface area (TPSA) is 85.7 Å². The van der Waals surface area contributed by atoms with Gasteiger partial charge in [0.2, 0.25) is 5.76 Å². The third-order valence-electron chi connectivity index (χ3n) is 2.96. The molecule has 0 saturated carbocycles. The van der Waals surface area contributed by atoms with Crippen LogP contribution in [0.25, 0.3) is 11.1 Å². The number of aromatic nitrogens is 1. The largest absolute Gasteiger partial charge is 0.486 e. The number of oxazole rings is 1. The molecule has 3 aromatic rings. The van der Waals surface area contributed by atoms with Gasteiger partial charge in [-0.3, -0.25) is 0 Å². The van der Waals surface area contributed by atoms with Gasteiger partial charge in [-0.2, -0.15) is 0 Å². The lowest BCUT2D eigenvalue weighted by Crippen LogP contribution is -1.95. The molecule has 0 atom stereocenters. The maximum Gasteiger partial charge on any atom is 0.371 e. The van der Waals surface area contributed by atoms with Crippen LogP contribution in [-0.2, 0) is 13.0 Å². The Kier molecular flexibility index (Phi) is 3.35. The standard InChI is InChI=1S/C15H13NO5/c1-2-14-16-11-7-9(3-5-12(11)21-14)19-8-10-4-6-13(20-10)15(17)18/h3-7H,2,8H2,1H3,(H,17,18). The fourth-order valence-corrected chi connectivity index (χ4v) is 1.92. The van der Waals surface area contributed by atoms with Crippen molar-refractivity contribution in [2.24, 2.45) is 0 Å². The van der Waals surface area contributed by atoms with Gasteiger partial charge in [0.05, 0.1) is 0 Å². The zero-order valence-electron chi connectivity index (χ0n) is 11.3. The van der Waals surface area contributed by atoms with E-state index in [0.29, 0.717) is 23.0 Å². The maximum absolute atomic E-state index is 10.7. The molecule has 0 aliphatic rings. The molecule has 0 saturated heterocycles. The highest BCUT2D eigenvalue weighted by molar-refractivity contribution is 5.84. The third-order valence-corrected chi connectivity index (χ3v) is 2.96. The summed E-state index contributed by atoms with van der Waals surface area (Å²) in [4.78, 5) is 15.0. The summed E-state index contributed by atoms with van der Waals surface area (Å²) in [5.74, 6) is 0.540. The first-order chi connectivity index (χ1) is 10.2. The molecule has 6 nitrogen and oxygen atoms in total. The molecule has 0 aliphatic heterocycles. The summed E-state index contributed by atoms with van der Waals surface area (Å²) >= 11 is 0. The van der Waals surface area contributed by atoms with Gasteiger partial charge in [-0.15, -0.1) is 0 Å². The molecule has 0 radical (unpaired) electrons. The second-order valence-electron chi connectivity index (χ2n) is 4.45. The molecule has 1 aromatic carbocycles. The maximum atomic E-state index is 10.7. The third kappa shape index (κ3) is 2.74. The lowest BCUT2D eigenvalue weighted by molar-refractivity contribution is 0.0658. The Hall–Kier alpha value is -2.76. The summed E-state index contributed by atoms with van der Waals surface area (Å²) in [6.07, 6.45) is 0.731. The molecule has 0 fully saturated rings. The highest BCUT2D eigenvalue weighted by atomic mass is 16.5. The normalized spacial score (nSPS) is 10.9. The van der Waals surface area contributed by atoms with Gasteiger partial charge in [-0.25, -0.2) is 9.78 Å². The number of carbonyl (C=O) groups is 1. The van der Waals surface area contributed by atoms with Crippen LogP contribution in [0, 0.1) is 0 Å². The number of furan rings is 1. The van der Waals surface area contributed by atoms with Crippen molar-refractivity contribution in [2.75, 3.05) is 0 Å². The zero-order valence-corrected chi connectivity index (χ0v) is 11.3. The quantitative estimate of drug-likeness (QED) is 0.775. The molecule has 2 heterocycles. The Bertz CT molecular complexity index is 786. The van der Waals surface area contributed by atoms with Gasteiger partial charge in [-0.1, -0.05) is 6.92 Å². The number of ether oxygens (including phenoxy) is 1. The summed E-state index contributed by atoms with van der Waals surface area (Å²) < 4.78 is 16.2. The van der Waals surface area contributed by atoms with Crippen LogP contribution < -0.4 is 4.74 Å². The molecule has 21 heavy (non-hydrogen) atoms. The van der Waals surface area contributed by atoms with Crippen LogP contribution in [-0.4, -0.2) is 16.1 Å². The van der Waals surface area contributed by atoms with Crippen LogP contribution in [0.5, 0.6) is 5.75 Å². The van der Waals surface area contributed by atoms with Crippen molar-refractivity contribution in [3.63, 3.8) is 0 Å². The number of aromatic carboxylic acids is 1. The van der Waals surface area contributed by atoms with Crippen LogP contribution >= 0.6 is 0 Å². The van der Waals surface area contributed by atoms with Gasteiger partial charge < -0.3 is 18.7 Å². The molecular formula is C15H13NO5. The predicted molar refractivity (Wildman–Crippen MR) is 73.4 cm³/mol. The lowest BCUT2D eigenvalue weighted by Gasteiger charge is -2.03. The van der Waals surface area contributed by atoms with E-state index < -0.39 is 5.97 Å². The number of rotatable bonds is 5. The van der Waals surface area contributed by atoms with Gasteiger partial charge in [0.25, 0.3) is 0 Å². The van der Waals surface area contributed by atoms with Crippen molar-refractivity contribution in [1.82, 2.24) is 4.98 Å². The van der Waals surface area contributed by atoms with Gasteiger partial charge in [0.15, 0.2) is 11.5 Å². The molecule has 0 unspecified atom stereocenters. The Balaban J connectivity index is 1.73. The Morgan fingerprint density at radius 3 is 2.86 bits per heavy atom. The first-order valence-electron chi connectivity index (χ1n) is 6.50. The van der Waals surface area contributed by atoms with Crippen molar-refractivity contribution in [3.05, 3.63) is 47.7 Å². The Morgan fingerprint density at radius 1 is 1.29 bits per heavy atom. The SMILES string of the molecule is CCc1nc2cc(OCc3ccc(C(=O)O)o3)ccc2o1. The molecule has 108 valence electrons. The van der Waals surface area contributed by atoms with E-state index in [0.717, 1.165) is 11.9 Å². The van der Waals surface area contributed by atoms with Crippen LogP contribution in [0.1, 0.15) is 29.1 Å². The number of carboxylic acids is 1. The highest BCUT2D eigenvalue weighted by Gasteiger charge is 2.10. The molecule has 0 bridgehead atoms. The second kappa shape index (κ2) is 5.32. The fourth-order valence-electron chi connectivity index (χ4n) is 1.92. The number of aryl methyl sites for hydroxylation is 1. The van der Waals surface area contributed by atoms with Crippen molar-refractivity contribution in [1.29, 1.82) is 0 Å². The van der Waals surface area contributed by atoms with Crippen LogP contribution in [0.3, 0.4) is 0 Å². The summed E-state index contributed by atoms with van der Waals surface area (Å²) in [5, 5.41) is 8.77. The van der Waals surface area contributed by atoms with Crippen LogP contribution in [0.4, 0.5) is 0 Å². The van der Waals surface area contributed by atoms with E-state index in [1.807, 2.05) is 6.92 Å². The smallest absolute Gasteiger partial charge is 0.371 e. The summed E-state index contributed by atoms with van der Waals surface area (Å²) in [6.45, 7) is 2.12. The van der Waals surface area contributed by atoms with Gasteiger partial charge >= 0.3 is 5.97 Å². The number of hydrogen-bond donors (Lipinski definition) is 1. The second-order valence-corrected chi connectivity index (χ2v) is 4.45. The number of fused-ring (bicyclic) bond motifs is 1. The summed E-state index contributed by atoms with van der Waals surface area (Å²) in [6, 6.07) is 8.32. The molecule has 0 aliphatic carbocycles. The molecule has 0 spiro atoms. The van der Waals surface area contributed by atoms with E-state index in [-0.39, 0.29) is 12.4 Å². The Labute approximate surface area is 120 Å². The average molecular weight is 287 g/mol. The molecule has 3 rings (SSSR count). The first-order valence-corrected chi connectivity index (χ1v) is 6.50. The van der Waals surface area contributed by atoms with Crippen molar-refractivity contribution < 1.29 is 23.5 Å². The summed E-state index contributed by atoms with van der Waals surface area (Å²) in [7, 11) is 0. The highest BCUT2D eigenvalue weighted by Crippen LogP contribution is 2.22. The van der Waals surface area contributed by atoms with E-state index in [1.54, 1.807) is 24.3 Å². The number of nitrogens with zero attached hydrogens (tertiary/aromatic N) is 1. The van der Waals surface area contributed by atoms with Crippen molar-refractivity contribution in [2.45, 2.75) is 20.0 Å². The van der Waals surface area contributed by atoms with Crippen LogP contribution in [0.15, 0.2) is 39.2 Å². The molecule has 2 aromatic heterocycles.